The Labute approximate surface area is 150 Å². The van der Waals surface area contributed by atoms with E-state index in [1.807, 2.05) is 43.3 Å². The van der Waals surface area contributed by atoms with E-state index in [1.54, 1.807) is 18.2 Å². The third kappa shape index (κ3) is 3.21. The van der Waals surface area contributed by atoms with Crippen molar-refractivity contribution in [3.63, 3.8) is 0 Å². The summed E-state index contributed by atoms with van der Waals surface area (Å²) < 4.78 is 5.84. The molecule has 0 aliphatic carbocycles. The second kappa shape index (κ2) is 6.83. The number of para-hydroxylation sites is 1. The number of amides is 1. The van der Waals surface area contributed by atoms with Crippen LogP contribution in [0.2, 0.25) is 0 Å². The molecular weight excluding hydrogens is 336 g/mol. The molecule has 0 saturated carbocycles. The second-order valence-corrected chi connectivity index (χ2v) is 6.00. The summed E-state index contributed by atoms with van der Waals surface area (Å²) in [6.45, 7) is 1.37. The van der Waals surface area contributed by atoms with Gasteiger partial charge in [-0.1, -0.05) is 24.3 Å². The Bertz CT molecular complexity index is 877. The molecule has 1 aliphatic heterocycles. The van der Waals surface area contributed by atoms with Crippen molar-refractivity contribution >= 4 is 23.2 Å². The van der Waals surface area contributed by atoms with Gasteiger partial charge >= 0.3 is 0 Å². The van der Waals surface area contributed by atoms with Gasteiger partial charge in [-0.15, -0.1) is 5.10 Å². The summed E-state index contributed by atoms with van der Waals surface area (Å²) >= 11 is 0. The highest BCUT2D eigenvalue weighted by molar-refractivity contribution is 5.99. The Morgan fingerprint density at radius 1 is 1.19 bits per heavy atom. The van der Waals surface area contributed by atoms with Gasteiger partial charge in [0.25, 0.3) is 5.69 Å². The molecule has 1 amide bonds. The fourth-order valence-corrected chi connectivity index (χ4v) is 2.64. The molecule has 134 valence electrons. The first-order valence-corrected chi connectivity index (χ1v) is 7.94. The Hall–Kier alpha value is -3.42. The number of hydrazone groups is 1. The van der Waals surface area contributed by atoms with Gasteiger partial charge in [0.05, 0.1) is 4.92 Å². The van der Waals surface area contributed by atoms with Gasteiger partial charge in [-0.25, -0.2) is 0 Å². The van der Waals surface area contributed by atoms with Crippen LogP contribution in [0.4, 0.5) is 11.4 Å². The van der Waals surface area contributed by atoms with E-state index in [1.165, 1.54) is 18.0 Å². The normalized spacial score (nSPS) is 16.0. The van der Waals surface area contributed by atoms with Crippen molar-refractivity contribution in [1.29, 1.82) is 0 Å². The van der Waals surface area contributed by atoms with Gasteiger partial charge in [-0.2, -0.15) is 5.01 Å². The van der Waals surface area contributed by atoms with Gasteiger partial charge in [0.1, 0.15) is 5.56 Å². The van der Waals surface area contributed by atoms with E-state index in [0.717, 1.165) is 11.3 Å². The predicted octanol–water partition coefficient (Wildman–Crippen LogP) is 2.90. The number of carbonyl (C=O) groups is 1. The van der Waals surface area contributed by atoms with Crippen LogP contribution in [0.3, 0.4) is 0 Å². The van der Waals surface area contributed by atoms with Crippen molar-refractivity contribution in [3.8, 4) is 0 Å². The van der Waals surface area contributed by atoms with Crippen LogP contribution in [-0.4, -0.2) is 35.8 Å². The van der Waals surface area contributed by atoms with E-state index in [2.05, 4.69) is 5.10 Å². The molecule has 2 aromatic rings. The molecule has 0 N–H and O–H groups in total. The second-order valence-electron chi connectivity index (χ2n) is 6.00. The lowest BCUT2D eigenvalue weighted by Crippen LogP contribution is -2.25. The third-order valence-electron chi connectivity index (χ3n) is 3.99. The lowest BCUT2D eigenvalue weighted by molar-refractivity contribution is -0.385. The lowest BCUT2D eigenvalue weighted by Gasteiger charge is -2.20. The van der Waals surface area contributed by atoms with Gasteiger partial charge < -0.3 is 9.64 Å². The number of nitro groups is 1. The molecule has 8 heteroatoms. The van der Waals surface area contributed by atoms with Gasteiger partial charge in [0.2, 0.25) is 18.0 Å². The summed E-state index contributed by atoms with van der Waals surface area (Å²) in [4.78, 5) is 24.7. The largest absolute Gasteiger partial charge is 0.445 e. The predicted molar refractivity (Wildman–Crippen MR) is 96.7 cm³/mol. The minimum absolute atomic E-state index is 0.0502. The third-order valence-corrected chi connectivity index (χ3v) is 3.99. The van der Waals surface area contributed by atoms with Crippen molar-refractivity contribution in [2.24, 2.45) is 5.10 Å². The molecule has 1 aliphatic rings. The SMILES string of the molecule is CC(=O)N1N=C(c2ccccc2[N+](=O)[O-])O[C@H]1c1ccc(N(C)C)cc1. The van der Waals surface area contributed by atoms with E-state index >= 15 is 0 Å². The summed E-state index contributed by atoms with van der Waals surface area (Å²) in [5.41, 5.74) is 1.83. The Morgan fingerprint density at radius 3 is 2.42 bits per heavy atom. The average molecular weight is 354 g/mol. The number of benzene rings is 2. The first-order valence-electron chi connectivity index (χ1n) is 7.94. The number of ether oxygens (including phenoxy) is 1. The molecule has 0 unspecified atom stereocenters. The molecule has 0 spiro atoms. The molecule has 1 heterocycles. The number of rotatable bonds is 4. The zero-order valence-electron chi connectivity index (χ0n) is 14.6. The molecule has 3 rings (SSSR count). The van der Waals surface area contributed by atoms with E-state index in [4.69, 9.17) is 4.74 Å². The molecule has 0 radical (unpaired) electrons. The van der Waals surface area contributed by atoms with Gasteiger partial charge in [-0.05, 0) is 18.2 Å². The highest BCUT2D eigenvalue weighted by Gasteiger charge is 2.35. The fourth-order valence-electron chi connectivity index (χ4n) is 2.64. The van der Waals surface area contributed by atoms with Crippen LogP contribution >= 0.6 is 0 Å². The average Bonchev–Trinajstić information content (AvgIpc) is 3.07. The molecule has 0 bridgehead atoms. The molecule has 2 aromatic carbocycles. The van der Waals surface area contributed by atoms with E-state index in [9.17, 15) is 14.9 Å². The van der Waals surface area contributed by atoms with Crippen molar-refractivity contribution in [1.82, 2.24) is 5.01 Å². The summed E-state index contributed by atoms with van der Waals surface area (Å²) in [6.07, 6.45) is -0.765. The summed E-state index contributed by atoms with van der Waals surface area (Å²) in [7, 11) is 3.86. The lowest BCUT2D eigenvalue weighted by atomic mass is 10.1. The molecule has 1 atom stereocenters. The number of hydrogen-bond donors (Lipinski definition) is 0. The van der Waals surface area contributed by atoms with Crippen LogP contribution in [-0.2, 0) is 9.53 Å². The first-order chi connectivity index (χ1) is 12.4. The topological polar surface area (TPSA) is 88.3 Å². The zero-order chi connectivity index (χ0) is 18.8. The van der Waals surface area contributed by atoms with Crippen LogP contribution in [0.15, 0.2) is 53.6 Å². The highest BCUT2D eigenvalue weighted by Crippen LogP contribution is 2.33. The fraction of sp³-hybridized carbons (Fsp3) is 0.222. The van der Waals surface area contributed by atoms with E-state index in [-0.39, 0.29) is 23.1 Å². The molecule has 26 heavy (non-hydrogen) atoms. The highest BCUT2D eigenvalue weighted by atomic mass is 16.6. The van der Waals surface area contributed by atoms with Crippen molar-refractivity contribution < 1.29 is 14.5 Å². The molecule has 0 saturated heterocycles. The number of carbonyl (C=O) groups excluding carboxylic acids is 1. The molecule has 0 fully saturated rings. The van der Waals surface area contributed by atoms with E-state index < -0.39 is 11.2 Å². The van der Waals surface area contributed by atoms with Crippen LogP contribution in [0.5, 0.6) is 0 Å². The number of anilines is 1. The minimum atomic E-state index is -0.765. The monoisotopic (exact) mass is 354 g/mol. The van der Waals surface area contributed by atoms with Crippen molar-refractivity contribution in [3.05, 3.63) is 69.8 Å². The van der Waals surface area contributed by atoms with Gasteiger partial charge in [-0.3, -0.25) is 14.9 Å². The quantitative estimate of drug-likeness (QED) is 0.622. The van der Waals surface area contributed by atoms with E-state index in [0.29, 0.717) is 0 Å². The van der Waals surface area contributed by atoms with Crippen LogP contribution in [0, 0.1) is 10.1 Å². The van der Waals surface area contributed by atoms with Crippen molar-refractivity contribution in [2.75, 3.05) is 19.0 Å². The van der Waals surface area contributed by atoms with Crippen LogP contribution in [0.1, 0.15) is 24.3 Å². The maximum Gasteiger partial charge on any atom is 0.282 e. The first kappa shape index (κ1) is 17.4. The maximum atomic E-state index is 12.0. The Balaban J connectivity index is 1.96. The van der Waals surface area contributed by atoms with Gasteiger partial charge in [0, 0.05) is 38.3 Å². The van der Waals surface area contributed by atoms with Gasteiger partial charge in [0.15, 0.2) is 0 Å². The maximum absolute atomic E-state index is 12.0. The Morgan fingerprint density at radius 2 is 1.85 bits per heavy atom. The van der Waals surface area contributed by atoms with Crippen LogP contribution < -0.4 is 4.90 Å². The molecule has 8 nitrogen and oxygen atoms in total. The molecular formula is C18H18N4O4. The van der Waals surface area contributed by atoms with Crippen molar-refractivity contribution in [2.45, 2.75) is 13.2 Å². The summed E-state index contributed by atoms with van der Waals surface area (Å²) in [5.74, 6) is -0.269. The Kier molecular flexibility index (Phi) is 4.57. The standard InChI is InChI=1S/C18H18N4O4/c1-12(23)21-18(13-8-10-14(11-9-13)20(2)3)26-17(19-21)15-6-4-5-7-16(15)22(24)25/h4-11,18H,1-3H3/t18-/m0/s1. The molecule has 0 aromatic heterocycles. The summed E-state index contributed by atoms with van der Waals surface area (Å²) in [6, 6.07) is 13.6. The minimum Gasteiger partial charge on any atom is -0.445 e. The number of hydrogen-bond acceptors (Lipinski definition) is 6. The van der Waals surface area contributed by atoms with Crippen LogP contribution in [0.25, 0.3) is 0 Å². The number of nitrogens with zero attached hydrogens (tertiary/aromatic N) is 4. The smallest absolute Gasteiger partial charge is 0.282 e. The summed E-state index contributed by atoms with van der Waals surface area (Å²) in [5, 5.41) is 16.6. The zero-order valence-corrected chi connectivity index (χ0v) is 14.6. The number of nitro benzene ring substituents is 1.